The lowest BCUT2D eigenvalue weighted by atomic mass is 9.94. The third kappa shape index (κ3) is 43.6. The SMILES string of the molecule is CC(=O)[C@H](C)N.CC[C@@H](CSCC(=O)CCCCCC(CC(=O)COCCOCCNC(=O)COCCOCCNC(=O)CC[C@@H](CC(=O)CCCCCCCCCOc1ccc(C(=O)O)cc1)C(=O)O)C(=O)O)C(=O)C[C@@H](CO)C(=O)O. The van der Waals surface area contributed by atoms with Gasteiger partial charge in [-0.1, -0.05) is 51.9 Å². The minimum atomic E-state index is -1.23. The molecule has 0 aliphatic heterocycles. The first kappa shape index (κ1) is 77.3. The van der Waals surface area contributed by atoms with E-state index in [1.165, 1.54) is 30.8 Å². The number of aliphatic hydroxyl groups is 1. The van der Waals surface area contributed by atoms with Gasteiger partial charge in [0, 0.05) is 63.3 Å². The smallest absolute Gasteiger partial charge is 0.335 e. The lowest BCUT2D eigenvalue weighted by Crippen LogP contribution is -2.31. The van der Waals surface area contributed by atoms with Crippen LogP contribution in [0.4, 0.5) is 0 Å². The number of aromatic carboxylic acids is 1. The molecule has 0 fully saturated rings. The maximum atomic E-state index is 12.5. The summed E-state index contributed by atoms with van der Waals surface area (Å²) in [6.45, 7) is 5.58. The number of thioether (sulfide) groups is 1. The summed E-state index contributed by atoms with van der Waals surface area (Å²) in [5.41, 5.74) is 5.29. The molecule has 2 amide bonds. The predicted molar refractivity (Wildman–Crippen MR) is 307 cm³/mol. The Kier molecular flexibility index (Phi) is 46.3. The van der Waals surface area contributed by atoms with Crippen molar-refractivity contribution in [2.45, 2.75) is 149 Å². The molecule has 83 heavy (non-hydrogen) atoms. The molecule has 25 heteroatoms. The number of carbonyl (C=O) groups is 11. The van der Waals surface area contributed by atoms with E-state index in [1.54, 1.807) is 26.0 Å². The highest BCUT2D eigenvalue weighted by molar-refractivity contribution is 7.99. The third-order valence-electron chi connectivity index (χ3n) is 12.9. The number of nitrogens with one attached hydrogen (secondary N) is 2. The van der Waals surface area contributed by atoms with Gasteiger partial charge in [-0.3, -0.25) is 47.9 Å². The van der Waals surface area contributed by atoms with E-state index in [4.69, 9.17) is 39.6 Å². The van der Waals surface area contributed by atoms with E-state index < -0.39 is 54.2 Å². The maximum absolute atomic E-state index is 12.5. The van der Waals surface area contributed by atoms with Crippen molar-refractivity contribution in [1.82, 2.24) is 10.6 Å². The van der Waals surface area contributed by atoms with Crippen LogP contribution in [0.5, 0.6) is 5.75 Å². The van der Waals surface area contributed by atoms with Crippen LogP contribution >= 0.6 is 11.8 Å². The molecule has 472 valence electrons. The number of Topliss-reactive ketones (excluding diaryl/α,β-unsaturated/α-hetero) is 5. The lowest BCUT2D eigenvalue weighted by molar-refractivity contribution is -0.145. The van der Waals surface area contributed by atoms with Crippen LogP contribution in [0.3, 0.4) is 0 Å². The van der Waals surface area contributed by atoms with E-state index >= 15 is 0 Å². The zero-order chi connectivity index (χ0) is 62.2. The molecule has 1 aromatic rings. The minimum Gasteiger partial charge on any atom is -0.494 e. The molecular formula is C58H93N3O21S. The summed E-state index contributed by atoms with van der Waals surface area (Å²) in [5, 5.41) is 51.7. The number of ketones is 5. The summed E-state index contributed by atoms with van der Waals surface area (Å²) in [7, 11) is 0. The van der Waals surface area contributed by atoms with Crippen LogP contribution in [0.1, 0.15) is 153 Å². The summed E-state index contributed by atoms with van der Waals surface area (Å²) in [6, 6.07) is 5.99. The molecule has 24 nitrogen and oxygen atoms in total. The van der Waals surface area contributed by atoms with Gasteiger partial charge < -0.3 is 65.6 Å². The molecule has 0 saturated heterocycles. The Morgan fingerprint density at radius 2 is 1.04 bits per heavy atom. The number of carbonyl (C=O) groups excluding carboxylic acids is 7. The minimum absolute atomic E-state index is 0.0110. The van der Waals surface area contributed by atoms with Crippen molar-refractivity contribution in [2.75, 3.05) is 90.7 Å². The van der Waals surface area contributed by atoms with Crippen LogP contribution in [0.2, 0.25) is 0 Å². The summed E-state index contributed by atoms with van der Waals surface area (Å²) in [5.74, 6) is -8.06. The molecule has 0 aliphatic carbocycles. The lowest BCUT2D eigenvalue weighted by Gasteiger charge is -2.15. The molecule has 0 bridgehead atoms. The fourth-order valence-corrected chi connectivity index (χ4v) is 8.84. The number of amides is 2. The highest BCUT2D eigenvalue weighted by atomic mass is 32.2. The van der Waals surface area contributed by atoms with Gasteiger partial charge in [-0.2, -0.15) is 11.8 Å². The van der Waals surface area contributed by atoms with E-state index in [0.717, 1.165) is 38.5 Å². The van der Waals surface area contributed by atoms with E-state index in [9.17, 15) is 68.1 Å². The van der Waals surface area contributed by atoms with Crippen molar-refractivity contribution in [3.05, 3.63) is 29.8 Å². The van der Waals surface area contributed by atoms with Crippen molar-refractivity contribution in [2.24, 2.45) is 29.4 Å². The van der Waals surface area contributed by atoms with Crippen LogP contribution in [0, 0.1) is 23.7 Å². The average molecular weight is 1200 g/mol. The van der Waals surface area contributed by atoms with Gasteiger partial charge in [-0.25, -0.2) is 4.79 Å². The fourth-order valence-electron chi connectivity index (χ4n) is 7.64. The quantitative estimate of drug-likeness (QED) is 0.0391. The number of rotatable bonds is 54. The molecule has 0 aliphatic rings. The Morgan fingerprint density at radius 1 is 0.542 bits per heavy atom. The number of unbranched alkanes of at least 4 members (excludes halogenated alkanes) is 8. The van der Waals surface area contributed by atoms with Crippen molar-refractivity contribution < 1.29 is 102 Å². The normalized spacial score (nSPS) is 12.8. The fraction of sp³-hybridized carbons (Fsp3) is 0.707. The molecule has 1 rings (SSSR count). The van der Waals surface area contributed by atoms with Crippen molar-refractivity contribution >= 4 is 76.4 Å². The number of hydrogen-bond acceptors (Lipinski definition) is 19. The van der Waals surface area contributed by atoms with Crippen LogP contribution in [0.25, 0.3) is 0 Å². The number of aliphatic carboxylic acids is 3. The second kappa shape index (κ2) is 49.7. The molecule has 0 radical (unpaired) electrons. The molecular weight excluding hydrogens is 1110 g/mol. The van der Waals surface area contributed by atoms with E-state index in [2.05, 4.69) is 10.6 Å². The summed E-state index contributed by atoms with van der Waals surface area (Å²) in [6.07, 6.45) is 8.83. The molecule has 1 aromatic carbocycles. The van der Waals surface area contributed by atoms with E-state index in [0.29, 0.717) is 63.1 Å². The number of hydrogen-bond donors (Lipinski definition) is 8. The Labute approximate surface area is 491 Å². The standard InChI is InChI=1S/C54H84N2O20S.C4H9NO/c1-2-39(48(61)33-43(34-57)54(70)71)37-77-38-45(59)15-11-8-9-13-41(52(66)67)32-46(60)35-74-29-27-73-26-23-56-50(63)36-75-30-28-72-25-22-55-49(62)21-18-42(53(68)69)31-44(58)14-10-6-4-3-5-7-12-24-76-47-19-16-40(17-20-47)51(64)65;1-3(5)4(2)6/h16-17,19-20,39,41-43,57H,2-15,18,21-38H2,1H3,(H,55,62)(H,56,63)(H,64,65)(H,66,67)(H,68,69)(H,70,71);3H,5H2,1-2H3/t39-,41?,42-,43-;3-/m00/s1. The Bertz CT molecular complexity index is 2070. The molecule has 0 spiro atoms. The molecule has 0 heterocycles. The maximum Gasteiger partial charge on any atom is 0.335 e. The van der Waals surface area contributed by atoms with Crippen molar-refractivity contribution in [3.63, 3.8) is 0 Å². The molecule has 0 aromatic heterocycles. The van der Waals surface area contributed by atoms with Crippen molar-refractivity contribution in [3.8, 4) is 5.75 Å². The Balaban J connectivity index is 0.0000106. The Morgan fingerprint density at radius 3 is 1.58 bits per heavy atom. The largest absolute Gasteiger partial charge is 0.494 e. The zero-order valence-electron chi connectivity index (χ0n) is 48.8. The number of aliphatic hydroxyl groups excluding tert-OH is 1. The average Bonchev–Trinajstić information content (AvgIpc) is 3.45. The number of carboxylic acids is 4. The van der Waals surface area contributed by atoms with Gasteiger partial charge in [0.15, 0.2) is 5.78 Å². The van der Waals surface area contributed by atoms with Crippen LogP contribution < -0.4 is 21.1 Å². The second-order valence-corrected chi connectivity index (χ2v) is 21.1. The van der Waals surface area contributed by atoms with Gasteiger partial charge in [-0.05, 0) is 76.6 Å². The Hall–Kier alpha value is -5.70. The highest BCUT2D eigenvalue weighted by Crippen LogP contribution is 2.21. The van der Waals surface area contributed by atoms with Gasteiger partial charge in [0.05, 0.1) is 88.0 Å². The van der Waals surface area contributed by atoms with Gasteiger partial charge in [0.1, 0.15) is 42.1 Å². The highest BCUT2D eigenvalue weighted by Gasteiger charge is 2.26. The summed E-state index contributed by atoms with van der Waals surface area (Å²) in [4.78, 5) is 129. The van der Waals surface area contributed by atoms with E-state index in [-0.39, 0.29) is 163 Å². The molecule has 1 unspecified atom stereocenters. The predicted octanol–water partition coefficient (Wildman–Crippen LogP) is 5.14. The third-order valence-corrected chi connectivity index (χ3v) is 14.1. The monoisotopic (exact) mass is 1200 g/mol. The van der Waals surface area contributed by atoms with Crippen LogP contribution in [-0.4, -0.2) is 187 Å². The summed E-state index contributed by atoms with van der Waals surface area (Å²) >= 11 is 1.31. The van der Waals surface area contributed by atoms with Gasteiger partial charge in [0.25, 0.3) is 0 Å². The number of carboxylic acid groups (broad SMARTS) is 4. The first-order valence-electron chi connectivity index (χ1n) is 28.6. The van der Waals surface area contributed by atoms with Gasteiger partial charge in [-0.15, -0.1) is 0 Å². The topological polar surface area (TPSA) is 385 Å². The van der Waals surface area contributed by atoms with E-state index in [1.807, 2.05) is 0 Å². The van der Waals surface area contributed by atoms with Crippen LogP contribution in [0.15, 0.2) is 24.3 Å². The second-order valence-electron chi connectivity index (χ2n) is 20.1. The molecule has 9 N–H and O–H groups in total. The summed E-state index contributed by atoms with van der Waals surface area (Å²) < 4.78 is 27.0. The first-order valence-corrected chi connectivity index (χ1v) is 29.8. The first-order chi connectivity index (χ1) is 39.6. The zero-order valence-corrected chi connectivity index (χ0v) is 49.6. The number of benzene rings is 1. The number of ether oxygens (including phenoxy) is 5. The molecule has 5 atom stereocenters. The van der Waals surface area contributed by atoms with Crippen LogP contribution in [-0.2, 0) is 66.9 Å². The molecule has 0 saturated carbocycles. The van der Waals surface area contributed by atoms with Crippen molar-refractivity contribution in [1.29, 1.82) is 0 Å². The van der Waals surface area contributed by atoms with Gasteiger partial charge >= 0.3 is 23.9 Å². The number of nitrogens with two attached hydrogens (primary N) is 1. The van der Waals surface area contributed by atoms with Gasteiger partial charge in [0.2, 0.25) is 11.8 Å².